The Morgan fingerprint density at radius 1 is 1.85 bits per heavy atom. The second-order valence-electron chi connectivity index (χ2n) is 2.46. The van der Waals surface area contributed by atoms with Crippen LogP contribution in [-0.4, -0.2) is 27.9 Å². The number of alkyl carbamates (subject to hydrolysis) is 1. The fourth-order valence-electron chi connectivity index (χ4n) is 0.841. The highest BCUT2D eigenvalue weighted by molar-refractivity contribution is 5.67. The lowest BCUT2D eigenvalue weighted by molar-refractivity contribution is 0.148. The molecule has 1 amide bonds. The molecule has 0 spiro atoms. The molecule has 0 saturated heterocycles. The van der Waals surface area contributed by atoms with Crippen molar-refractivity contribution in [2.45, 2.75) is 19.9 Å². The topological polar surface area (TPSA) is 79.9 Å². The predicted octanol–water partition coefficient (Wildman–Crippen LogP) is 0.612. The smallest absolute Gasteiger partial charge is 0.407 e. The molecule has 1 heterocycles. The zero-order chi connectivity index (χ0) is 9.68. The van der Waals surface area contributed by atoms with Crippen LogP contribution in [0.25, 0.3) is 0 Å². The highest BCUT2D eigenvalue weighted by Crippen LogP contribution is 2.03. The molecule has 0 aliphatic heterocycles. The molecule has 1 unspecified atom stereocenters. The Morgan fingerprint density at radius 2 is 2.62 bits per heavy atom. The summed E-state index contributed by atoms with van der Waals surface area (Å²) in [6.07, 6.45) is 0.935. The predicted molar refractivity (Wildman–Crippen MR) is 45.0 cm³/mol. The third-order valence-corrected chi connectivity index (χ3v) is 1.45. The van der Waals surface area contributed by atoms with Gasteiger partial charge in [-0.1, -0.05) is 0 Å². The summed E-state index contributed by atoms with van der Waals surface area (Å²) >= 11 is 0. The number of carbonyl (C=O) groups is 1. The number of carbonyl (C=O) groups excluding carboxylic acids is 1. The van der Waals surface area contributed by atoms with Crippen LogP contribution in [0, 0.1) is 0 Å². The van der Waals surface area contributed by atoms with Crippen molar-refractivity contribution < 1.29 is 9.53 Å². The van der Waals surface area contributed by atoms with E-state index in [0.717, 1.165) is 0 Å². The van der Waals surface area contributed by atoms with Crippen molar-refractivity contribution >= 4 is 6.09 Å². The molecule has 0 saturated carbocycles. The minimum Gasteiger partial charge on any atom is -0.450 e. The second kappa shape index (κ2) is 4.44. The third kappa shape index (κ3) is 2.73. The Hall–Kier alpha value is -1.59. The minimum atomic E-state index is -0.452. The van der Waals surface area contributed by atoms with Gasteiger partial charge >= 0.3 is 6.09 Å². The molecule has 1 atom stereocenters. The van der Waals surface area contributed by atoms with Crippen LogP contribution in [-0.2, 0) is 4.74 Å². The van der Waals surface area contributed by atoms with E-state index < -0.39 is 6.09 Å². The number of hydrogen-bond donors (Lipinski definition) is 2. The van der Waals surface area contributed by atoms with Gasteiger partial charge in [-0.2, -0.15) is 5.10 Å². The highest BCUT2D eigenvalue weighted by Gasteiger charge is 2.11. The van der Waals surface area contributed by atoms with E-state index in [-0.39, 0.29) is 6.04 Å². The Kier molecular flexibility index (Phi) is 3.24. The van der Waals surface area contributed by atoms with Gasteiger partial charge in [0.15, 0.2) is 0 Å². The summed E-state index contributed by atoms with van der Waals surface area (Å²) in [4.78, 5) is 14.8. The minimum absolute atomic E-state index is 0.221. The number of amides is 1. The third-order valence-electron chi connectivity index (χ3n) is 1.45. The molecular weight excluding hydrogens is 172 g/mol. The zero-order valence-electron chi connectivity index (χ0n) is 7.57. The van der Waals surface area contributed by atoms with Crippen molar-refractivity contribution in [3.63, 3.8) is 0 Å². The first-order chi connectivity index (χ1) is 6.24. The summed E-state index contributed by atoms with van der Waals surface area (Å²) in [6.45, 7) is 3.89. The van der Waals surface area contributed by atoms with Crippen LogP contribution >= 0.6 is 0 Å². The van der Waals surface area contributed by atoms with E-state index in [4.69, 9.17) is 4.74 Å². The molecule has 0 aromatic carbocycles. The zero-order valence-corrected chi connectivity index (χ0v) is 7.57. The van der Waals surface area contributed by atoms with E-state index in [2.05, 4.69) is 20.5 Å². The number of H-pyrrole nitrogens is 1. The molecule has 6 nitrogen and oxygen atoms in total. The van der Waals surface area contributed by atoms with E-state index in [1.54, 1.807) is 13.8 Å². The van der Waals surface area contributed by atoms with Gasteiger partial charge in [0.1, 0.15) is 12.2 Å². The average Bonchev–Trinajstić information content (AvgIpc) is 2.55. The number of nitrogens with zero attached hydrogens (tertiary/aromatic N) is 2. The fraction of sp³-hybridized carbons (Fsp3) is 0.571. The van der Waals surface area contributed by atoms with Crippen LogP contribution in [0.3, 0.4) is 0 Å². The van der Waals surface area contributed by atoms with Gasteiger partial charge in [0.05, 0.1) is 12.6 Å². The maximum atomic E-state index is 11.0. The Balaban J connectivity index is 2.42. The van der Waals surface area contributed by atoms with Crippen molar-refractivity contribution in [2.75, 3.05) is 6.61 Å². The summed E-state index contributed by atoms with van der Waals surface area (Å²) in [6, 6.07) is -0.221. The Morgan fingerprint density at radius 3 is 3.15 bits per heavy atom. The van der Waals surface area contributed by atoms with Gasteiger partial charge < -0.3 is 10.1 Å². The van der Waals surface area contributed by atoms with E-state index in [1.807, 2.05) is 0 Å². The van der Waals surface area contributed by atoms with E-state index in [0.29, 0.717) is 12.4 Å². The summed E-state index contributed by atoms with van der Waals surface area (Å²) in [5, 5.41) is 8.91. The average molecular weight is 184 g/mol. The van der Waals surface area contributed by atoms with Gasteiger partial charge in [0.25, 0.3) is 0 Å². The summed E-state index contributed by atoms with van der Waals surface area (Å²) in [5.74, 6) is 0.605. The molecule has 0 aliphatic carbocycles. The number of aromatic nitrogens is 3. The first-order valence-electron chi connectivity index (χ1n) is 4.02. The lowest BCUT2D eigenvalue weighted by atomic mass is 10.3. The lowest BCUT2D eigenvalue weighted by Crippen LogP contribution is -2.27. The van der Waals surface area contributed by atoms with Crippen LogP contribution in [0.2, 0.25) is 0 Å². The maximum Gasteiger partial charge on any atom is 0.407 e. The normalized spacial score (nSPS) is 12.2. The van der Waals surface area contributed by atoms with E-state index in [9.17, 15) is 4.79 Å². The van der Waals surface area contributed by atoms with Crippen LogP contribution in [0.4, 0.5) is 4.79 Å². The molecule has 13 heavy (non-hydrogen) atoms. The second-order valence-corrected chi connectivity index (χ2v) is 2.46. The molecule has 0 bridgehead atoms. The van der Waals surface area contributed by atoms with E-state index in [1.165, 1.54) is 6.33 Å². The SMILES string of the molecule is CCOC(=O)NC(C)c1ncn[nH]1. The largest absolute Gasteiger partial charge is 0.450 e. The molecule has 0 fully saturated rings. The molecule has 0 radical (unpaired) electrons. The summed E-state index contributed by atoms with van der Waals surface area (Å²) < 4.78 is 4.70. The van der Waals surface area contributed by atoms with Gasteiger partial charge in [-0.25, -0.2) is 9.78 Å². The fourth-order valence-corrected chi connectivity index (χ4v) is 0.841. The van der Waals surface area contributed by atoms with Gasteiger partial charge in [-0.05, 0) is 13.8 Å². The Bertz CT molecular complexity index is 259. The molecule has 0 aliphatic rings. The van der Waals surface area contributed by atoms with Crippen LogP contribution < -0.4 is 5.32 Å². The van der Waals surface area contributed by atoms with Gasteiger partial charge in [0.2, 0.25) is 0 Å². The quantitative estimate of drug-likeness (QED) is 0.721. The van der Waals surface area contributed by atoms with Crippen molar-refractivity contribution in [3.05, 3.63) is 12.2 Å². The molecule has 1 aromatic rings. The number of rotatable bonds is 3. The molecule has 2 N–H and O–H groups in total. The summed E-state index contributed by atoms with van der Waals surface area (Å²) in [7, 11) is 0. The number of aromatic amines is 1. The van der Waals surface area contributed by atoms with Gasteiger partial charge in [-0.3, -0.25) is 5.10 Å². The molecule has 72 valence electrons. The highest BCUT2D eigenvalue weighted by atomic mass is 16.5. The standard InChI is InChI=1S/C7H12N4O2/c1-3-13-7(12)10-5(2)6-8-4-9-11-6/h4-5H,3H2,1-2H3,(H,10,12)(H,8,9,11). The number of hydrogen-bond acceptors (Lipinski definition) is 4. The van der Waals surface area contributed by atoms with Crippen LogP contribution in [0.5, 0.6) is 0 Å². The Labute approximate surface area is 75.7 Å². The first kappa shape index (κ1) is 9.50. The summed E-state index contributed by atoms with van der Waals surface area (Å²) in [5.41, 5.74) is 0. The molecule has 1 rings (SSSR count). The van der Waals surface area contributed by atoms with Crippen LogP contribution in [0.15, 0.2) is 6.33 Å². The van der Waals surface area contributed by atoms with Crippen molar-refractivity contribution in [1.29, 1.82) is 0 Å². The first-order valence-corrected chi connectivity index (χ1v) is 4.02. The van der Waals surface area contributed by atoms with Crippen molar-refractivity contribution in [2.24, 2.45) is 0 Å². The molecule has 6 heteroatoms. The lowest BCUT2D eigenvalue weighted by Gasteiger charge is -2.09. The van der Waals surface area contributed by atoms with Crippen molar-refractivity contribution in [3.8, 4) is 0 Å². The molecule has 1 aromatic heterocycles. The van der Waals surface area contributed by atoms with Crippen LogP contribution in [0.1, 0.15) is 25.7 Å². The monoisotopic (exact) mass is 184 g/mol. The number of ether oxygens (including phenoxy) is 1. The maximum absolute atomic E-state index is 11.0. The van der Waals surface area contributed by atoms with Crippen molar-refractivity contribution in [1.82, 2.24) is 20.5 Å². The van der Waals surface area contributed by atoms with Gasteiger partial charge in [-0.15, -0.1) is 0 Å². The van der Waals surface area contributed by atoms with E-state index >= 15 is 0 Å². The number of nitrogens with one attached hydrogen (secondary N) is 2. The van der Waals surface area contributed by atoms with Gasteiger partial charge in [0, 0.05) is 0 Å². The molecular formula is C7H12N4O2.